The summed E-state index contributed by atoms with van der Waals surface area (Å²) >= 11 is 3.42. The number of amides is 1. The lowest BCUT2D eigenvalue weighted by Gasteiger charge is -2.21. The van der Waals surface area contributed by atoms with E-state index >= 15 is 0 Å². The summed E-state index contributed by atoms with van der Waals surface area (Å²) in [5.41, 5.74) is 2.69. The van der Waals surface area contributed by atoms with E-state index < -0.39 is 0 Å². The van der Waals surface area contributed by atoms with E-state index in [4.69, 9.17) is 4.52 Å². The zero-order chi connectivity index (χ0) is 20.9. The quantitative estimate of drug-likeness (QED) is 0.385. The Labute approximate surface area is 183 Å². The van der Waals surface area contributed by atoms with Gasteiger partial charge in [-0.2, -0.15) is 4.98 Å². The van der Waals surface area contributed by atoms with Gasteiger partial charge in [0.05, 0.1) is 0 Å². The molecule has 0 aliphatic carbocycles. The van der Waals surface area contributed by atoms with E-state index in [2.05, 4.69) is 26.1 Å². The molecule has 0 unspecified atom stereocenters. The van der Waals surface area contributed by atoms with Crippen LogP contribution in [0.15, 0.2) is 81.9 Å². The standard InChI is InChI=1S/C23H21BrN4O2/c1-2-27(15-17-7-4-3-5-8-17)21(29)16-28-14-6-9-20(28)23-25-22(26-30-23)18-10-12-19(24)13-11-18/h3-14H,2,15-16H2,1H3. The minimum Gasteiger partial charge on any atom is -0.337 e. The zero-order valence-electron chi connectivity index (χ0n) is 16.5. The zero-order valence-corrected chi connectivity index (χ0v) is 18.1. The average molecular weight is 465 g/mol. The SMILES string of the molecule is CCN(Cc1ccccc1)C(=O)Cn1cccc1-c1nc(-c2ccc(Br)cc2)no1. The van der Waals surface area contributed by atoms with Gasteiger partial charge in [0.25, 0.3) is 5.89 Å². The molecule has 0 spiro atoms. The van der Waals surface area contributed by atoms with Crippen LogP contribution >= 0.6 is 15.9 Å². The summed E-state index contributed by atoms with van der Waals surface area (Å²) in [6.45, 7) is 3.42. The second-order valence-electron chi connectivity index (χ2n) is 6.84. The molecular weight excluding hydrogens is 444 g/mol. The summed E-state index contributed by atoms with van der Waals surface area (Å²) in [7, 11) is 0. The molecular formula is C23H21BrN4O2. The highest BCUT2D eigenvalue weighted by Crippen LogP contribution is 2.24. The van der Waals surface area contributed by atoms with Crippen LogP contribution in [-0.4, -0.2) is 32.1 Å². The molecule has 2 aromatic carbocycles. The number of nitrogens with zero attached hydrogens (tertiary/aromatic N) is 4. The highest BCUT2D eigenvalue weighted by atomic mass is 79.9. The highest BCUT2D eigenvalue weighted by molar-refractivity contribution is 9.10. The maximum atomic E-state index is 12.9. The number of carbonyl (C=O) groups is 1. The molecule has 30 heavy (non-hydrogen) atoms. The molecule has 6 nitrogen and oxygen atoms in total. The van der Waals surface area contributed by atoms with Crippen molar-refractivity contribution in [1.82, 2.24) is 19.6 Å². The fraction of sp³-hybridized carbons (Fsp3) is 0.174. The predicted molar refractivity (Wildman–Crippen MR) is 118 cm³/mol. The van der Waals surface area contributed by atoms with Gasteiger partial charge in [0.1, 0.15) is 12.2 Å². The van der Waals surface area contributed by atoms with Crippen molar-refractivity contribution in [2.75, 3.05) is 6.54 Å². The lowest BCUT2D eigenvalue weighted by molar-refractivity contribution is -0.132. The van der Waals surface area contributed by atoms with Gasteiger partial charge in [0.2, 0.25) is 11.7 Å². The van der Waals surface area contributed by atoms with E-state index in [0.717, 1.165) is 21.3 Å². The first-order valence-corrected chi connectivity index (χ1v) is 10.5. The molecule has 0 aliphatic heterocycles. The Morgan fingerprint density at radius 3 is 2.57 bits per heavy atom. The smallest absolute Gasteiger partial charge is 0.274 e. The first kappa shape index (κ1) is 20.1. The summed E-state index contributed by atoms with van der Waals surface area (Å²) in [4.78, 5) is 19.3. The Morgan fingerprint density at radius 2 is 1.83 bits per heavy atom. The van der Waals surface area contributed by atoms with Gasteiger partial charge in [0, 0.05) is 29.3 Å². The maximum Gasteiger partial charge on any atom is 0.274 e. The van der Waals surface area contributed by atoms with Crippen LogP contribution in [0.4, 0.5) is 0 Å². The third kappa shape index (κ3) is 4.52. The van der Waals surface area contributed by atoms with Crippen molar-refractivity contribution in [2.45, 2.75) is 20.0 Å². The van der Waals surface area contributed by atoms with Crippen LogP contribution in [0.5, 0.6) is 0 Å². The van der Waals surface area contributed by atoms with Crippen molar-refractivity contribution in [3.63, 3.8) is 0 Å². The lowest BCUT2D eigenvalue weighted by atomic mass is 10.2. The van der Waals surface area contributed by atoms with Gasteiger partial charge in [-0.05, 0) is 48.9 Å². The second kappa shape index (κ2) is 9.09. The summed E-state index contributed by atoms with van der Waals surface area (Å²) in [5, 5.41) is 4.09. The fourth-order valence-electron chi connectivity index (χ4n) is 3.22. The molecule has 0 aliphatic rings. The number of hydrogen-bond donors (Lipinski definition) is 0. The minimum atomic E-state index is 0.0338. The molecule has 7 heteroatoms. The van der Waals surface area contributed by atoms with Crippen molar-refractivity contribution in [3.8, 4) is 23.0 Å². The van der Waals surface area contributed by atoms with Crippen LogP contribution in [0.2, 0.25) is 0 Å². The van der Waals surface area contributed by atoms with Crippen LogP contribution in [0, 0.1) is 0 Å². The molecule has 1 amide bonds. The molecule has 2 heterocycles. The van der Waals surface area contributed by atoms with Crippen LogP contribution < -0.4 is 0 Å². The van der Waals surface area contributed by atoms with E-state index in [9.17, 15) is 4.79 Å². The Morgan fingerprint density at radius 1 is 1.07 bits per heavy atom. The first-order valence-electron chi connectivity index (χ1n) is 9.71. The number of hydrogen-bond acceptors (Lipinski definition) is 4. The van der Waals surface area contributed by atoms with E-state index in [0.29, 0.717) is 24.8 Å². The summed E-state index contributed by atoms with van der Waals surface area (Å²) < 4.78 is 8.31. The molecule has 0 saturated carbocycles. The molecule has 0 bridgehead atoms. The summed E-state index contributed by atoms with van der Waals surface area (Å²) in [6.07, 6.45) is 1.85. The summed E-state index contributed by atoms with van der Waals surface area (Å²) in [5.74, 6) is 0.930. The van der Waals surface area contributed by atoms with Crippen LogP contribution in [0.25, 0.3) is 23.0 Å². The van der Waals surface area contributed by atoms with Crippen molar-refractivity contribution in [2.24, 2.45) is 0 Å². The number of benzene rings is 2. The third-order valence-electron chi connectivity index (χ3n) is 4.83. The van der Waals surface area contributed by atoms with Gasteiger partial charge in [0.15, 0.2) is 0 Å². The van der Waals surface area contributed by atoms with Crippen molar-refractivity contribution in [3.05, 3.63) is 83.0 Å². The Bertz CT molecular complexity index is 1120. The van der Waals surface area contributed by atoms with Gasteiger partial charge in [-0.15, -0.1) is 0 Å². The van der Waals surface area contributed by atoms with Gasteiger partial charge in [-0.1, -0.05) is 51.4 Å². The van der Waals surface area contributed by atoms with E-state index in [-0.39, 0.29) is 12.5 Å². The number of halogens is 1. The van der Waals surface area contributed by atoms with Crippen molar-refractivity contribution in [1.29, 1.82) is 0 Å². The monoisotopic (exact) mass is 464 g/mol. The molecule has 4 rings (SSSR count). The number of likely N-dealkylation sites (N-methyl/N-ethyl adjacent to an activating group) is 1. The molecule has 4 aromatic rings. The Kier molecular flexibility index (Phi) is 6.09. The fourth-order valence-corrected chi connectivity index (χ4v) is 3.48. The molecule has 0 fully saturated rings. The van der Waals surface area contributed by atoms with Gasteiger partial charge in [-0.25, -0.2) is 0 Å². The van der Waals surface area contributed by atoms with Gasteiger partial charge < -0.3 is 14.0 Å². The molecule has 2 aromatic heterocycles. The second-order valence-corrected chi connectivity index (χ2v) is 7.76. The van der Waals surface area contributed by atoms with Gasteiger partial charge in [-0.3, -0.25) is 4.79 Å². The topological polar surface area (TPSA) is 64.2 Å². The average Bonchev–Trinajstić information content (AvgIpc) is 3.42. The van der Waals surface area contributed by atoms with E-state index in [1.807, 2.05) is 89.3 Å². The number of carbonyl (C=O) groups excluding carboxylic acids is 1. The molecule has 0 saturated heterocycles. The normalized spacial score (nSPS) is 10.9. The van der Waals surface area contributed by atoms with Crippen LogP contribution in [0.1, 0.15) is 12.5 Å². The lowest BCUT2D eigenvalue weighted by Crippen LogP contribution is -2.33. The largest absolute Gasteiger partial charge is 0.337 e. The highest BCUT2D eigenvalue weighted by Gasteiger charge is 2.18. The third-order valence-corrected chi connectivity index (χ3v) is 5.36. The van der Waals surface area contributed by atoms with Crippen LogP contribution in [0.3, 0.4) is 0 Å². The Hall–Kier alpha value is -3.19. The molecule has 0 atom stereocenters. The van der Waals surface area contributed by atoms with E-state index in [1.165, 1.54) is 0 Å². The Balaban J connectivity index is 1.50. The molecule has 0 radical (unpaired) electrons. The predicted octanol–water partition coefficient (Wildman–Crippen LogP) is 5.02. The van der Waals surface area contributed by atoms with Crippen LogP contribution in [-0.2, 0) is 17.9 Å². The van der Waals surface area contributed by atoms with E-state index in [1.54, 1.807) is 0 Å². The van der Waals surface area contributed by atoms with Crippen molar-refractivity contribution >= 4 is 21.8 Å². The molecule has 152 valence electrons. The number of aromatic nitrogens is 3. The summed E-state index contributed by atoms with van der Waals surface area (Å²) in [6, 6.07) is 21.4. The number of rotatable bonds is 7. The van der Waals surface area contributed by atoms with Crippen molar-refractivity contribution < 1.29 is 9.32 Å². The minimum absolute atomic E-state index is 0.0338. The maximum absolute atomic E-state index is 12.9. The van der Waals surface area contributed by atoms with Gasteiger partial charge >= 0.3 is 0 Å². The first-order chi connectivity index (χ1) is 14.6. The molecule has 0 N–H and O–H groups in total.